The number of carbonyl (C=O) groups excluding carboxylic acids is 1. The fraction of sp³-hybridized carbons (Fsp3) is 0.0667. The van der Waals surface area contributed by atoms with Crippen molar-refractivity contribution in [3.8, 4) is 0 Å². The average molecular weight is 361 g/mol. The third kappa shape index (κ3) is 4.97. The molecule has 2 rings (SSSR count). The van der Waals surface area contributed by atoms with Crippen LogP contribution in [0, 0.1) is 0 Å². The van der Waals surface area contributed by atoms with Crippen LogP contribution in [0.3, 0.4) is 0 Å². The average Bonchev–Trinajstić information content (AvgIpc) is 2.47. The molecule has 0 atom stereocenters. The largest absolute Gasteiger partial charge is 0.417 e. The molecule has 1 aromatic carbocycles. The lowest BCUT2D eigenvalue weighted by molar-refractivity contribution is -0.137. The van der Waals surface area contributed by atoms with E-state index < -0.39 is 17.6 Å². The number of pyridine rings is 1. The number of hydrogen-bond acceptors (Lipinski definition) is 2. The van der Waals surface area contributed by atoms with Crippen molar-refractivity contribution in [1.29, 1.82) is 0 Å². The summed E-state index contributed by atoms with van der Waals surface area (Å²) < 4.78 is 37.5. The normalized spacial score (nSPS) is 11.7. The van der Waals surface area contributed by atoms with Gasteiger partial charge in [-0.25, -0.2) is 0 Å². The molecule has 0 saturated carbocycles. The van der Waals surface area contributed by atoms with Crippen molar-refractivity contribution in [3.05, 3.63) is 63.9 Å². The van der Waals surface area contributed by atoms with Crippen molar-refractivity contribution < 1.29 is 18.0 Å². The Balaban J connectivity index is 2.07. The van der Waals surface area contributed by atoms with Gasteiger partial charge in [0.1, 0.15) is 0 Å². The van der Waals surface area contributed by atoms with E-state index in [2.05, 4.69) is 10.3 Å². The lowest BCUT2D eigenvalue weighted by Gasteiger charge is -2.07. The van der Waals surface area contributed by atoms with Gasteiger partial charge in [0.25, 0.3) is 0 Å². The molecule has 0 aliphatic carbocycles. The second kappa shape index (κ2) is 7.02. The highest BCUT2D eigenvalue weighted by Crippen LogP contribution is 2.31. The molecule has 0 spiro atoms. The number of nitrogens with one attached hydrogen (secondary N) is 1. The maximum Gasteiger partial charge on any atom is 0.417 e. The SMILES string of the molecule is O=C(C=Cc1ncc(C(F)(F)F)cc1Cl)Nc1ccc(Cl)cc1. The molecular formula is C15H9Cl2F3N2O. The maximum atomic E-state index is 12.5. The van der Waals surface area contributed by atoms with Crippen LogP contribution in [0.1, 0.15) is 11.3 Å². The molecule has 8 heteroatoms. The van der Waals surface area contributed by atoms with Crippen LogP contribution in [0.5, 0.6) is 0 Å². The third-order valence-electron chi connectivity index (χ3n) is 2.70. The highest BCUT2D eigenvalue weighted by molar-refractivity contribution is 6.32. The minimum absolute atomic E-state index is 0.0610. The Morgan fingerprint density at radius 2 is 1.83 bits per heavy atom. The van der Waals surface area contributed by atoms with Gasteiger partial charge >= 0.3 is 6.18 Å². The van der Waals surface area contributed by atoms with Crippen LogP contribution in [0.2, 0.25) is 10.0 Å². The molecule has 0 unspecified atom stereocenters. The highest BCUT2D eigenvalue weighted by Gasteiger charge is 2.31. The second-order valence-corrected chi connectivity index (χ2v) is 5.26. The van der Waals surface area contributed by atoms with Gasteiger partial charge in [0, 0.05) is 23.0 Å². The zero-order valence-corrected chi connectivity index (χ0v) is 12.9. The summed E-state index contributed by atoms with van der Waals surface area (Å²) in [6.07, 6.45) is -1.52. The van der Waals surface area contributed by atoms with E-state index >= 15 is 0 Å². The summed E-state index contributed by atoms with van der Waals surface area (Å²) in [7, 11) is 0. The second-order valence-electron chi connectivity index (χ2n) is 4.42. The van der Waals surface area contributed by atoms with Gasteiger partial charge in [-0.15, -0.1) is 0 Å². The summed E-state index contributed by atoms with van der Waals surface area (Å²) in [5, 5.41) is 2.89. The fourth-order valence-corrected chi connectivity index (χ4v) is 1.95. The molecule has 23 heavy (non-hydrogen) atoms. The predicted octanol–water partition coefficient (Wildman–Crippen LogP) is 5.06. The van der Waals surface area contributed by atoms with Crippen LogP contribution in [0.25, 0.3) is 6.08 Å². The van der Waals surface area contributed by atoms with E-state index in [0.29, 0.717) is 16.9 Å². The summed E-state index contributed by atoms with van der Waals surface area (Å²) in [5.41, 5.74) is -0.369. The molecule has 0 aliphatic rings. The van der Waals surface area contributed by atoms with Crippen LogP contribution in [-0.2, 0) is 11.0 Å². The minimum atomic E-state index is -4.52. The van der Waals surface area contributed by atoms with Crippen LogP contribution >= 0.6 is 23.2 Å². The van der Waals surface area contributed by atoms with Crippen molar-refractivity contribution in [2.75, 3.05) is 5.32 Å². The van der Waals surface area contributed by atoms with Crippen LogP contribution < -0.4 is 5.32 Å². The molecular weight excluding hydrogens is 352 g/mol. The topological polar surface area (TPSA) is 42.0 Å². The van der Waals surface area contributed by atoms with Crippen molar-refractivity contribution in [1.82, 2.24) is 4.98 Å². The van der Waals surface area contributed by atoms with E-state index in [0.717, 1.165) is 12.1 Å². The molecule has 1 heterocycles. The minimum Gasteiger partial charge on any atom is -0.323 e. The molecule has 0 saturated heterocycles. The van der Waals surface area contributed by atoms with Gasteiger partial charge in [0.15, 0.2) is 0 Å². The van der Waals surface area contributed by atoms with E-state index in [1.54, 1.807) is 24.3 Å². The molecule has 2 aromatic rings. The van der Waals surface area contributed by atoms with Gasteiger partial charge in [-0.2, -0.15) is 13.2 Å². The number of carbonyl (C=O) groups is 1. The Bertz CT molecular complexity index is 743. The fourth-order valence-electron chi connectivity index (χ4n) is 1.60. The quantitative estimate of drug-likeness (QED) is 0.777. The van der Waals surface area contributed by atoms with E-state index in [1.165, 1.54) is 6.08 Å². The van der Waals surface area contributed by atoms with Gasteiger partial charge in [0.2, 0.25) is 5.91 Å². The Kier molecular flexibility index (Phi) is 5.28. The predicted molar refractivity (Wildman–Crippen MR) is 83.4 cm³/mol. The lowest BCUT2D eigenvalue weighted by Crippen LogP contribution is -2.08. The van der Waals surface area contributed by atoms with Crippen LogP contribution in [-0.4, -0.2) is 10.9 Å². The van der Waals surface area contributed by atoms with Gasteiger partial charge < -0.3 is 5.32 Å². The summed E-state index contributed by atoms with van der Waals surface area (Å²) >= 11 is 11.5. The van der Waals surface area contributed by atoms with Crippen molar-refractivity contribution in [2.45, 2.75) is 6.18 Å². The molecule has 3 nitrogen and oxygen atoms in total. The number of amides is 1. The first-order chi connectivity index (χ1) is 10.8. The zero-order valence-electron chi connectivity index (χ0n) is 11.4. The van der Waals surface area contributed by atoms with Gasteiger partial charge in [0.05, 0.1) is 16.3 Å². The van der Waals surface area contributed by atoms with Crippen molar-refractivity contribution in [2.24, 2.45) is 0 Å². The summed E-state index contributed by atoms with van der Waals surface area (Å²) in [4.78, 5) is 15.3. The van der Waals surface area contributed by atoms with E-state index in [4.69, 9.17) is 23.2 Å². The Morgan fingerprint density at radius 3 is 2.39 bits per heavy atom. The van der Waals surface area contributed by atoms with Gasteiger partial charge in [-0.1, -0.05) is 23.2 Å². The van der Waals surface area contributed by atoms with Crippen LogP contribution in [0.15, 0.2) is 42.6 Å². The van der Waals surface area contributed by atoms with Crippen molar-refractivity contribution >= 4 is 40.9 Å². The Hall–Kier alpha value is -2.05. The molecule has 0 aliphatic heterocycles. The standard InChI is InChI=1S/C15H9Cl2F3N2O/c16-10-1-3-11(4-2-10)22-14(23)6-5-13-12(17)7-9(8-21-13)15(18,19)20/h1-8H,(H,22,23). The van der Waals surface area contributed by atoms with E-state index in [-0.39, 0.29) is 10.7 Å². The molecule has 0 bridgehead atoms. The number of benzene rings is 1. The number of rotatable bonds is 3. The highest BCUT2D eigenvalue weighted by atomic mass is 35.5. The first-order valence-electron chi connectivity index (χ1n) is 6.23. The van der Waals surface area contributed by atoms with Crippen LogP contribution in [0.4, 0.5) is 18.9 Å². The van der Waals surface area contributed by atoms with Gasteiger partial charge in [-0.3, -0.25) is 9.78 Å². The summed E-state index contributed by atoms with van der Waals surface area (Å²) in [6.45, 7) is 0. The van der Waals surface area contributed by atoms with E-state index in [1.807, 2.05) is 0 Å². The molecule has 0 radical (unpaired) electrons. The first kappa shape index (κ1) is 17.3. The molecule has 120 valence electrons. The number of aromatic nitrogens is 1. The molecule has 1 aromatic heterocycles. The number of anilines is 1. The number of alkyl halides is 3. The molecule has 1 amide bonds. The van der Waals surface area contributed by atoms with E-state index in [9.17, 15) is 18.0 Å². The summed E-state index contributed by atoms with van der Waals surface area (Å²) in [5.74, 6) is -0.481. The molecule has 0 fully saturated rings. The third-order valence-corrected chi connectivity index (χ3v) is 3.26. The number of nitrogens with zero attached hydrogens (tertiary/aromatic N) is 1. The smallest absolute Gasteiger partial charge is 0.323 e. The lowest BCUT2D eigenvalue weighted by atomic mass is 10.2. The van der Waals surface area contributed by atoms with Gasteiger partial charge in [-0.05, 0) is 36.4 Å². The molecule has 1 N–H and O–H groups in total. The maximum absolute atomic E-state index is 12.5. The Labute approximate surface area is 139 Å². The first-order valence-corrected chi connectivity index (χ1v) is 6.98. The summed E-state index contributed by atoms with van der Waals surface area (Å²) in [6, 6.07) is 7.19. The zero-order chi connectivity index (χ0) is 17.0. The van der Waals surface area contributed by atoms with Crippen molar-refractivity contribution in [3.63, 3.8) is 0 Å². The number of hydrogen-bond donors (Lipinski definition) is 1. The number of halogens is 5. The Morgan fingerprint density at radius 1 is 1.17 bits per heavy atom. The monoisotopic (exact) mass is 360 g/mol.